The van der Waals surface area contributed by atoms with Crippen LogP contribution < -0.4 is 16.8 Å². The Morgan fingerprint density at radius 2 is 2.00 bits per heavy atom. The van der Waals surface area contributed by atoms with Crippen LogP contribution in [0.5, 0.6) is 0 Å². The minimum atomic E-state index is -0.437. The van der Waals surface area contributed by atoms with E-state index in [4.69, 9.17) is 11.5 Å². The van der Waals surface area contributed by atoms with Crippen LogP contribution in [0.25, 0.3) is 0 Å². The van der Waals surface area contributed by atoms with Crippen LogP contribution in [0, 0.1) is 0 Å². The Labute approximate surface area is 102 Å². The standard InChI is InChI=1S/C13H21N3O/c14-9-4-10-16-13(17)12(15)8-7-11-5-2-1-3-6-11/h1-3,5-6,12H,4,7-10,14-15H2,(H,16,17)/t12-/m0/s1. The van der Waals surface area contributed by atoms with E-state index in [0.717, 1.165) is 12.8 Å². The van der Waals surface area contributed by atoms with Crippen LogP contribution in [-0.2, 0) is 11.2 Å². The molecule has 1 amide bonds. The van der Waals surface area contributed by atoms with Crippen molar-refractivity contribution in [2.24, 2.45) is 11.5 Å². The zero-order chi connectivity index (χ0) is 12.5. The third-order valence-electron chi connectivity index (χ3n) is 2.60. The minimum Gasteiger partial charge on any atom is -0.355 e. The second kappa shape index (κ2) is 7.81. The zero-order valence-corrected chi connectivity index (χ0v) is 10.1. The number of nitrogens with two attached hydrogens (primary N) is 2. The summed E-state index contributed by atoms with van der Waals surface area (Å²) in [5, 5.41) is 2.78. The second-order valence-corrected chi connectivity index (χ2v) is 4.06. The normalized spacial score (nSPS) is 12.1. The molecule has 0 saturated carbocycles. The number of hydrogen-bond acceptors (Lipinski definition) is 3. The van der Waals surface area contributed by atoms with Gasteiger partial charge in [-0.05, 0) is 31.4 Å². The summed E-state index contributed by atoms with van der Waals surface area (Å²) in [7, 11) is 0. The molecular weight excluding hydrogens is 214 g/mol. The van der Waals surface area contributed by atoms with Crippen molar-refractivity contribution in [3.63, 3.8) is 0 Å². The van der Waals surface area contributed by atoms with Crippen LogP contribution in [-0.4, -0.2) is 25.0 Å². The molecule has 0 aliphatic heterocycles. The first-order valence-electron chi connectivity index (χ1n) is 6.01. The summed E-state index contributed by atoms with van der Waals surface area (Å²) in [4.78, 5) is 11.6. The molecule has 1 aromatic carbocycles. The molecule has 4 nitrogen and oxygen atoms in total. The highest BCUT2D eigenvalue weighted by atomic mass is 16.2. The van der Waals surface area contributed by atoms with Crippen molar-refractivity contribution in [2.75, 3.05) is 13.1 Å². The van der Waals surface area contributed by atoms with Crippen LogP contribution in [0.4, 0.5) is 0 Å². The Morgan fingerprint density at radius 3 is 2.65 bits per heavy atom. The predicted octanol–water partition coefficient (Wildman–Crippen LogP) is 0.412. The van der Waals surface area contributed by atoms with Gasteiger partial charge in [0.1, 0.15) is 0 Å². The van der Waals surface area contributed by atoms with Crippen molar-refractivity contribution >= 4 is 5.91 Å². The third kappa shape index (κ3) is 5.47. The summed E-state index contributed by atoms with van der Waals surface area (Å²) in [6, 6.07) is 9.60. The zero-order valence-electron chi connectivity index (χ0n) is 10.1. The fraction of sp³-hybridized carbons (Fsp3) is 0.462. The average molecular weight is 235 g/mol. The van der Waals surface area contributed by atoms with Gasteiger partial charge in [-0.15, -0.1) is 0 Å². The molecule has 0 aliphatic rings. The highest BCUT2D eigenvalue weighted by molar-refractivity contribution is 5.81. The van der Waals surface area contributed by atoms with E-state index in [-0.39, 0.29) is 5.91 Å². The largest absolute Gasteiger partial charge is 0.355 e. The van der Waals surface area contributed by atoms with E-state index in [9.17, 15) is 4.79 Å². The van der Waals surface area contributed by atoms with Gasteiger partial charge in [0.05, 0.1) is 6.04 Å². The first-order valence-corrected chi connectivity index (χ1v) is 6.01. The Kier molecular flexibility index (Phi) is 6.29. The molecule has 0 radical (unpaired) electrons. The number of rotatable bonds is 7. The molecule has 1 aromatic rings. The molecule has 0 aliphatic carbocycles. The lowest BCUT2D eigenvalue weighted by Crippen LogP contribution is -2.41. The lowest BCUT2D eigenvalue weighted by atomic mass is 10.1. The number of benzene rings is 1. The Morgan fingerprint density at radius 1 is 1.29 bits per heavy atom. The summed E-state index contributed by atoms with van der Waals surface area (Å²) in [5.41, 5.74) is 12.4. The summed E-state index contributed by atoms with van der Waals surface area (Å²) < 4.78 is 0. The van der Waals surface area contributed by atoms with Crippen molar-refractivity contribution in [3.8, 4) is 0 Å². The van der Waals surface area contributed by atoms with E-state index >= 15 is 0 Å². The van der Waals surface area contributed by atoms with Crippen molar-refractivity contribution in [1.29, 1.82) is 0 Å². The van der Waals surface area contributed by atoms with Crippen molar-refractivity contribution < 1.29 is 4.79 Å². The second-order valence-electron chi connectivity index (χ2n) is 4.06. The molecule has 0 heterocycles. The number of aryl methyl sites for hydroxylation is 1. The molecule has 0 unspecified atom stereocenters. The molecule has 0 saturated heterocycles. The maximum absolute atomic E-state index is 11.6. The van der Waals surface area contributed by atoms with Gasteiger partial charge in [0.2, 0.25) is 5.91 Å². The van der Waals surface area contributed by atoms with Crippen LogP contribution in [0.15, 0.2) is 30.3 Å². The molecular formula is C13H21N3O. The van der Waals surface area contributed by atoms with Crippen LogP contribution in [0.3, 0.4) is 0 Å². The summed E-state index contributed by atoms with van der Waals surface area (Å²) >= 11 is 0. The predicted molar refractivity (Wildman–Crippen MR) is 69.4 cm³/mol. The molecule has 0 spiro atoms. The van der Waals surface area contributed by atoms with Gasteiger partial charge in [0, 0.05) is 6.54 Å². The maximum Gasteiger partial charge on any atom is 0.236 e. The number of carbonyl (C=O) groups is 1. The summed E-state index contributed by atoms with van der Waals surface area (Å²) in [6.07, 6.45) is 2.28. The average Bonchev–Trinajstić information content (AvgIpc) is 2.37. The van der Waals surface area contributed by atoms with Gasteiger partial charge in [0.15, 0.2) is 0 Å². The summed E-state index contributed by atoms with van der Waals surface area (Å²) in [6.45, 7) is 1.19. The first-order chi connectivity index (χ1) is 8.24. The Hall–Kier alpha value is -1.39. The molecule has 1 rings (SSSR count). The van der Waals surface area contributed by atoms with E-state index in [0.29, 0.717) is 19.5 Å². The minimum absolute atomic E-state index is 0.0885. The van der Waals surface area contributed by atoms with Gasteiger partial charge in [-0.1, -0.05) is 30.3 Å². The van der Waals surface area contributed by atoms with Crippen molar-refractivity contribution in [2.45, 2.75) is 25.3 Å². The van der Waals surface area contributed by atoms with Crippen molar-refractivity contribution in [1.82, 2.24) is 5.32 Å². The number of amides is 1. The van der Waals surface area contributed by atoms with E-state index in [1.807, 2.05) is 30.3 Å². The molecule has 0 bridgehead atoms. The number of nitrogens with one attached hydrogen (secondary N) is 1. The third-order valence-corrected chi connectivity index (χ3v) is 2.60. The Balaban J connectivity index is 2.24. The highest BCUT2D eigenvalue weighted by Gasteiger charge is 2.12. The lowest BCUT2D eigenvalue weighted by Gasteiger charge is -2.11. The molecule has 1 atom stereocenters. The molecule has 0 aromatic heterocycles. The Bertz CT molecular complexity index is 327. The van der Waals surface area contributed by atoms with Gasteiger partial charge in [0.25, 0.3) is 0 Å². The van der Waals surface area contributed by atoms with E-state index in [1.54, 1.807) is 0 Å². The molecule has 5 N–H and O–H groups in total. The van der Waals surface area contributed by atoms with Gasteiger partial charge in [-0.25, -0.2) is 0 Å². The lowest BCUT2D eigenvalue weighted by molar-refractivity contribution is -0.122. The van der Waals surface area contributed by atoms with E-state index in [1.165, 1.54) is 5.56 Å². The monoisotopic (exact) mass is 235 g/mol. The SMILES string of the molecule is NCCCNC(=O)[C@@H](N)CCc1ccccc1. The quantitative estimate of drug-likeness (QED) is 0.599. The number of carbonyl (C=O) groups excluding carboxylic acids is 1. The van der Waals surface area contributed by atoms with E-state index < -0.39 is 6.04 Å². The maximum atomic E-state index is 11.6. The van der Waals surface area contributed by atoms with Crippen LogP contribution >= 0.6 is 0 Å². The van der Waals surface area contributed by atoms with Gasteiger partial charge >= 0.3 is 0 Å². The van der Waals surface area contributed by atoms with Gasteiger partial charge < -0.3 is 16.8 Å². The fourth-order valence-corrected chi connectivity index (χ4v) is 1.54. The van der Waals surface area contributed by atoms with Crippen LogP contribution in [0.1, 0.15) is 18.4 Å². The molecule has 4 heteroatoms. The molecule has 94 valence electrons. The first kappa shape index (κ1) is 13.7. The smallest absolute Gasteiger partial charge is 0.236 e. The highest BCUT2D eigenvalue weighted by Crippen LogP contribution is 2.03. The van der Waals surface area contributed by atoms with Gasteiger partial charge in [-0.2, -0.15) is 0 Å². The topological polar surface area (TPSA) is 81.1 Å². The van der Waals surface area contributed by atoms with Crippen molar-refractivity contribution in [3.05, 3.63) is 35.9 Å². The van der Waals surface area contributed by atoms with Gasteiger partial charge in [-0.3, -0.25) is 4.79 Å². The van der Waals surface area contributed by atoms with E-state index in [2.05, 4.69) is 5.32 Å². The summed E-state index contributed by atoms with van der Waals surface area (Å²) in [5.74, 6) is -0.0885. The number of hydrogen-bond donors (Lipinski definition) is 3. The molecule has 17 heavy (non-hydrogen) atoms. The van der Waals surface area contributed by atoms with Crippen LogP contribution in [0.2, 0.25) is 0 Å². The fourth-order valence-electron chi connectivity index (χ4n) is 1.54. The molecule has 0 fully saturated rings.